The molecule has 1 amide bonds. The van der Waals surface area contributed by atoms with Crippen molar-refractivity contribution in [2.75, 3.05) is 11.4 Å². The number of sulfonamides is 1. The van der Waals surface area contributed by atoms with Crippen LogP contribution in [0.25, 0.3) is 0 Å². The largest absolute Gasteiger partial charge is 0.280 e. The van der Waals surface area contributed by atoms with Crippen molar-refractivity contribution >= 4 is 32.4 Å². The monoisotopic (exact) mass is 417 g/mol. The molecule has 2 aliphatic rings. The maximum atomic E-state index is 13.2. The quantitative estimate of drug-likeness (QED) is 0.701. The Balaban J connectivity index is 1.63. The highest BCUT2D eigenvalue weighted by molar-refractivity contribution is 7.89. The van der Waals surface area contributed by atoms with E-state index >= 15 is 0 Å². The third kappa shape index (κ3) is 4.04. The number of hydrogen-bond acceptors (Lipinski definition) is 5. The van der Waals surface area contributed by atoms with Gasteiger partial charge in [0.15, 0.2) is 5.13 Å². The number of thiazole rings is 1. The van der Waals surface area contributed by atoms with Gasteiger partial charge in [-0.2, -0.15) is 0 Å². The van der Waals surface area contributed by atoms with Crippen LogP contribution in [0.5, 0.6) is 0 Å². The van der Waals surface area contributed by atoms with Crippen LogP contribution in [0.1, 0.15) is 46.6 Å². The lowest BCUT2D eigenvalue weighted by Crippen LogP contribution is -2.31. The van der Waals surface area contributed by atoms with Gasteiger partial charge in [-0.1, -0.05) is 12.1 Å². The second-order valence-corrected chi connectivity index (χ2v) is 9.98. The van der Waals surface area contributed by atoms with Gasteiger partial charge in [0.2, 0.25) is 10.0 Å². The Morgan fingerprint density at radius 1 is 1.32 bits per heavy atom. The molecule has 0 atom stereocenters. The maximum absolute atomic E-state index is 13.2. The van der Waals surface area contributed by atoms with Crippen LogP contribution < -0.4 is 9.62 Å². The van der Waals surface area contributed by atoms with Crippen LogP contribution in [0.2, 0.25) is 0 Å². The van der Waals surface area contributed by atoms with Gasteiger partial charge in [-0.25, -0.2) is 18.1 Å². The van der Waals surface area contributed by atoms with E-state index in [-0.39, 0.29) is 16.8 Å². The Kier molecular flexibility index (Phi) is 5.35. The maximum Gasteiger partial charge on any atom is 0.260 e. The SMILES string of the molecule is C=CCN(C(=O)c1cccc(S(=O)(=O)NC2CC2)c1)c1nc2c(s1)CCCC2. The lowest BCUT2D eigenvalue weighted by molar-refractivity contribution is 0.0989. The van der Waals surface area contributed by atoms with Crippen molar-refractivity contribution in [1.29, 1.82) is 0 Å². The van der Waals surface area contributed by atoms with Crippen LogP contribution in [0.4, 0.5) is 5.13 Å². The van der Waals surface area contributed by atoms with E-state index in [9.17, 15) is 13.2 Å². The van der Waals surface area contributed by atoms with Gasteiger partial charge in [-0.05, 0) is 56.7 Å². The first-order chi connectivity index (χ1) is 13.5. The van der Waals surface area contributed by atoms with E-state index in [2.05, 4.69) is 16.3 Å². The normalized spacial score (nSPS) is 16.4. The summed E-state index contributed by atoms with van der Waals surface area (Å²) in [5.74, 6) is -0.269. The molecule has 8 heteroatoms. The molecule has 28 heavy (non-hydrogen) atoms. The molecule has 1 saturated carbocycles. The molecule has 1 aromatic heterocycles. The third-order valence-corrected chi connectivity index (χ3v) is 7.61. The number of carbonyl (C=O) groups excluding carboxylic acids is 1. The molecule has 6 nitrogen and oxygen atoms in total. The number of anilines is 1. The van der Waals surface area contributed by atoms with Gasteiger partial charge in [-0.3, -0.25) is 9.69 Å². The second kappa shape index (κ2) is 7.77. The number of fused-ring (bicyclic) bond motifs is 1. The van der Waals surface area contributed by atoms with Gasteiger partial charge in [-0.15, -0.1) is 17.9 Å². The van der Waals surface area contributed by atoms with Crippen LogP contribution >= 0.6 is 11.3 Å². The lowest BCUT2D eigenvalue weighted by atomic mass is 10.0. The summed E-state index contributed by atoms with van der Waals surface area (Å²) in [5.41, 5.74) is 1.41. The molecule has 148 valence electrons. The minimum absolute atomic E-state index is 0.0169. The van der Waals surface area contributed by atoms with Gasteiger partial charge < -0.3 is 0 Å². The smallest absolute Gasteiger partial charge is 0.260 e. The fraction of sp³-hybridized carbons (Fsp3) is 0.400. The number of aryl methyl sites for hydroxylation is 2. The van der Waals surface area contributed by atoms with E-state index < -0.39 is 10.0 Å². The first-order valence-electron chi connectivity index (χ1n) is 9.51. The van der Waals surface area contributed by atoms with E-state index in [0.29, 0.717) is 17.2 Å². The fourth-order valence-electron chi connectivity index (χ4n) is 3.27. The summed E-state index contributed by atoms with van der Waals surface area (Å²) < 4.78 is 27.6. The predicted molar refractivity (Wildman–Crippen MR) is 110 cm³/mol. The van der Waals surface area contributed by atoms with Crippen LogP contribution in [0.3, 0.4) is 0 Å². The summed E-state index contributed by atoms with van der Waals surface area (Å²) in [7, 11) is -3.61. The molecule has 0 aliphatic heterocycles. The number of hydrogen-bond donors (Lipinski definition) is 1. The third-order valence-electron chi connectivity index (χ3n) is 4.91. The molecule has 2 aliphatic carbocycles. The molecule has 0 radical (unpaired) electrons. The van der Waals surface area contributed by atoms with E-state index in [1.54, 1.807) is 34.4 Å². The van der Waals surface area contributed by atoms with Crippen molar-refractivity contribution in [3.8, 4) is 0 Å². The molecule has 0 spiro atoms. The van der Waals surface area contributed by atoms with Crippen molar-refractivity contribution in [2.24, 2.45) is 0 Å². The van der Waals surface area contributed by atoms with Gasteiger partial charge in [0.1, 0.15) is 0 Å². The highest BCUT2D eigenvalue weighted by Crippen LogP contribution is 2.32. The lowest BCUT2D eigenvalue weighted by Gasteiger charge is -2.18. The van der Waals surface area contributed by atoms with Crippen molar-refractivity contribution in [1.82, 2.24) is 9.71 Å². The molecule has 1 N–H and O–H groups in total. The fourth-order valence-corrected chi connectivity index (χ4v) is 5.78. The Morgan fingerprint density at radius 2 is 2.11 bits per heavy atom. The first kappa shape index (κ1) is 19.3. The zero-order chi connectivity index (χ0) is 19.7. The zero-order valence-electron chi connectivity index (χ0n) is 15.6. The molecule has 1 heterocycles. The molecule has 1 aromatic carbocycles. The average Bonchev–Trinajstić information content (AvgIpc) is 3.39. The molecule has 0 bridgehead atoms. The van der Waals surface area contributed by atoms with E-state index in [0.717, 1.165) is 44.2 Å². The van der Waals surface area contributed by atoms with Crippen LogP contribution in [-0.2, 0) is 22.9 Å². The van der Waals surface area contributed by atoms with Gasteiger partial charge in [0.05, 0.1) is 10.6 Å². The van der Waals surface area contributed by atoms with Crippen molar-refractivity contribution in [3.05, 3.63) is 53.1 Å². The van der Waals surface area contributed by atoms with Crippen molar-refractivity contribution in [2.45, 2.75) is 49.5 Å². The van der Waals surface area contributed by atoms with Gasteiger partial charge >= 0.3 is 0 Å². The molecular formula is C20H23N3O3S2. The Labute approximate surface area is 169 Å². The molecule has 1 fully saturated rings. The number of benzene rings is 1. The summed E-state index contributed by atoms with van der Waals surface area (Å²) in [6.45, 7) is 4.08. The first-order valence-corrected chi connectivity index (χ1v) is 11.8. The predicted octanol–water partition coefficient (Wildman–Crippen LogP) is 3.30. The number of nitrogens with zero attached hydrogens (tertiary/aromatic N) is 2. The van der Waals surface area contributed by atoms with Crippen molar-refractivity contribution in [3.63, 3.8) is 0 Å². The second-order valence-electron chi connectivity index (χ2n) is 7.20. The number of rotatable bonds is 7. The van der Waals surface area contributed by atoms with Crippen LogP contribution in [0, 0.1) is 0 Å². The average molecular weight is 418 g/mol. The van der Waals surface area contributed by atoms with E-state index in [1.165, 1.54) is 17.0 Å². The summed E-state index contributed by atoms with van der Waals surface area (Å²) >= 11 is 1.55. The van der Waals surface area contributed by atoms with E-state index in [1.807, 2.05) is 0 Å². The van der Waals surface area contributed by atoms with Crippen LogP contribution in [-0.4, -0.2) is 31.9 Å². The summed E-state index contributed by atoms with van der Waals surface area (Å²) in [4.78, 5) is 20.8. The minimum Gasteiger partial charge on any atom is -0.280 e. The number of aromatic nitrogens is 1. The molecular weight excluding hydrogens is 394 g/mol. The number of amides is 1. The highest BCUT2D eigenvalue weighted by Gasteiger charge is 2.29. The van der Waals surface area contributed by atoms with Gasteiger partial charge in [0.25, 0.3) is 5.91 Å². The summed E-state index contributed by atoms with van der Waals surface area (Å²) in [5, 5.41) is 0.654. The molecule has 4 rings (SSSR count). The standard InChI is InChI=1S/C20H23N3O3S2/c1-2-12-23(20-21-17-8-3-4-9-18(17)27-20)19(24)14-6-5-7-16(13-14)28(25,26)22-15-10-11-15/h2,5-7,13,15,22H,1,3-4,8-12H2. The summed E-state index contributed by atoms with van der Waals surface area (Å²) in [6, 6.07) is 6.22. The Morgan fingerprint density at radius 3 is 2.82 bits per heavy atom. The summed E-state index contributed by atoms with van der Waals surface area (Å²) in [6.07, 6.45) is 7.61. The Bertz CT molecular complexity index is 986. The van der Waals surface area contributed by atoms with Crippen LogP contribution in [0.15, 0.2) is 41.8 Å². The topological polar surface area (TPSA) is 79.4 Å². The minimum atomic E-state index is -3.61. The van der Waals surface area contributed by atoms with E-state index in [4.69, 9.17) is 0 Å². The highest BCUT2D eigenvalue weighted by atomic mass is 32.2. The zero-order valence-corrected chi connectivity index (χ0v) is 17.2. The molecule has 0 unspecified atom stereocenters. The number of carbonyl (C=O) groups is 1. The molecule has 2 aromatic rings. The molecule has 0 saturated heterocycles. The number of nitrogens with one attached hydrogen (secondary N) is 1. The van der Waals surface area contributed by atoms with Gasteiger partial charge in [0, 0.05) is 23.0 Å². The van der Waals surface area contributed by atoms with Crippen molar-refractivity contribution < 1.29 is 13.2 Å². The Hall–Kier alpha value is -2.03.